The van der Waals surface area contributed by atoms with Crippen molar-refractivity contribution in [3.8, 4) is 0 Å². The Labute approximate surface area is 93.2 Å². The molecule has 1 amide bonds. The molecule has 15 heavy (non-hydrogen) atoms. The van der Waals surface area contributed by atoms with Gasteiger partial charge in [0.2, 0.25) is 5.91 Å². The number of carbonyl (C=O) groups excluding carboxylic acids is 1. The summed E-state index contributed by atoms with van der Waals surface area (Å²) in [6.07, 6.45) is 2.25. The average molecular weight is 212 g/mol. The number of amides is 1. The second-order valence-corrected chi connectivity index (χ2v) is 5.22. The first-order valence-electron chi connectivity index (χ1n) is 6.01. The highest BCUT2D eigenvalue weighted by Crippen LogP contribution is 2.15. The lowest BCUT2D eigenvalue weighted by Gasteiger charge is -2.29. The zero-order valence-corrected chi connectivity index (χ0v) is 10.5. The molecule has 88 valence electrons. The highest BCUT2D eigenvalue weighted by molar-refractivity contribution is 5.85. The fraction of sp³-hybridized carbons (Fsp3) is 0.917. The van der Waals surface area contributed by atoms with E-state index in [9.17, 15) is 4.79 Å². The summed E-state index contributed by atoms with van der Waals surface area (Å²) in [5.74, 6) is 0.799. The van der Waals surface area contributed by atoms with Crippen molar-refractivity contribution in [3.63, 3.8) is 0 Å². The van der Waals surface area contributed by atoms with Gasteiger partial charge in [0.05, 0.1) is 5.54 Å². The van der Waals surface area contributed by atoms with Gasteiger partial charge in [-0.3, -0.25) is 4.79 Å². The normalized spacial score (nSPS) is 26.5. The number of nitrogens with one attached hydrogen (secondary N) is 1. The molecule has 3 heteroatoms. The molecule has 0 aromatic rings. The number of carbonyl (C=O) groups is 1. The molecule has 1 atom stereocenters. The summed E-state index contributed by atoms with van der Waals surface area (Å²) < 4.78 is 0. The highest BCUT2D eigenvalue weighted by Gasteiger charge is 2.34. The summed E-state index contributed by atoms with van der Waals surface area (Å²) in [7, 11) is 0. The Bertz CT molecular complexity index is 226. The van der Waals surface area contributed by atoms with Crippen LogP contribution in [0.3, 0.4) is 0 Å². The van der Waals surface area contributed by atoms with Crippen molar-refractivity contribution in [2.45, 2.75) is 46.1 Å². The van der Waals surface area contributed by atoms with Crippen LogP contribution >= 0.6 is 0 Å². The van der Waals surface area contributed by atoms with Crippen LogP contribution in [0.2, 0.25) is 0 Å². The molecule has 1 aliphatic rings. The number of nitrogens with zero attached hydrogens (tertiary/aromatic N) is 1. The van der Waals surface area contributed by atoms with E-state index in [0.29, 0.717) is 5.92 Å². The molecule has 0 aromatic heterocycles. The lowest BCUT2D eigenvalue weighted by atomic mass is 10.0. The summed E-state index contributed by atoms with van der Waals surface area (Å²) in [5, 5.41) is 3.34. The Hall–Kier alpha value is -0.570. The fourth-order valence-electron chi connectivity index (χ4n) is 1.97. The quantitative estimate of drug-likeness (QED) is 0.771. The summed E-state index contributed by atoms with van der Waals surface area (Å²) >= 11 is 0. The van der Waals surface area contributed by atoms with Crippen LogP contribution in [0.25, 0.3) is 0 Å². The van der Waals surface area contributed by atoms with E-state index in [4.69, 9.17) is 0 Å². The first-order chi connectivity index (χ1) is 6.97. The molecule has 0 saturated carbocycles. The molecule has 0 radical (unpaired) electrons. The maximum atomic E-state index is 12.2. The first-order valence-corrected chi connectivity index (χ1v) is 6.01. The zero-order chi connectivity index (χ0) is 11.5. The van der Waals surface area contributed by atoms with Crippen molar-refractivity contribution in [1.29, 1.82) is 0 Å². The number of hydrogen-bond donors (Lipinski definition) is 1. The third kappa shape index (κ3) is 3.20. The van der Waals surface area contributed by atoms with Gasteiger partial charge < -0.3 is 10.2 Å². The molecule has 0 bridgehead atoms. The lowest BCUT2D eigenvalue weighted by Crippen LogP contribution is -2.51. The molecule has 0 spiro atoms. The van der Waals surface area contributed by atoms with Crippen LogP contribution in [0, 0.1) is 5.92 Å². The third-order valence-corrected chi connectivity index (χ3v) is 3.03. The second-order valence-electron chi connectivity index (χ2n) is 5.22. The van der Waals surface area contributed by atoms with E-state index in [-0.39, 0.29) is 5.91 Å². The van der Waals surface area contributed by atoms with E-state index in [1.807, 2.05) is 18.7 Å². The third-order valence-electron chi connectivity index (χ3n) is 3.03. The van der Waals surface area contributed by atoms with Gasteiger partial charge in [0.25, 0.3) is 0 Å². The molecule has 3 nitrogen and oxygen atoms in total. The van der Waals surface area contributed by atoms with Crippen molar-refractivity contribution in [1.82, 2.24) is 10.2 Å². The van der Waals surface area contributed by atoms with E-state index >= 15 is 0 Å². The molecule has 1 unspecified atom stereocenters. The average Bonchev–Trinajstić information content (AvgIpc) is 2.28. The highest BCUT2D eigenvalue weighted by atomic mass is 16.2. The van der Waals surface area contributed by atoms with E-state index in [1.54, 1.807) is 0 Å². The van der Waals surface area contributed by atoms with Crippen molar-refractivity contribution < 1.29 is 4.79 Å². The number of rotatable bonds is 3. The van der Waals surface area contributed by atoms with Crippen LogP contribution in [0.1, 0.15) is 40.5 Å². The Morgan fingerprint density at radius 3 is 2.80 bits per heavy atom. The van der Waals surface area contributed by atoms with Gasteiger partial charge in [-0.25, -0.2) is 0 Å². The minimum absolute atomic E-state index is 0.250. The Kier molecular flexibility index (Phi) is 4.14. The van der Waals surface area contributed by atoms with Gasteiger partial charge in [0.15, 0.2) is 0 Å². The zero-order valence-electron chi connectivity index (χ0n) is 10.5. The summed E-state index contributed by atoms with van der Waals surface area (Å²) in [6.45, 7) is 11.1. The molecule has 1 rings (SSSR count). The molecule has 0 aromatic carbocycles. The minimum atomic E-state index is -0.390. The van der Waals surface area contributed by atoms with E-state index in [2.05, 4.69) is 19.2 Å². The Morgan fingerprint density at radius 1 is 1.53 bits per heavy atom. The first kappa shape index (κ1) is 12.5. The van der Waals surface area contributed by atoms with Crippen LogP contribution in [-0.2, 0) is 4.79 Å². The van der Waals surface area contributed by atoms with Gasteiger partial charge in [-0.15, -0.1) is 0 Å². The molecular formula is C12H24N2O. The van der Waals surface area contributed by atoms with Crippen molar-refractivity contribution in [2.24, 2.45) is 5.92 Å². The van der Waals surface area contributed by atoms with Crippen LogP contribution in [0.5, 0.6) is 0 Å². The standard InChI is InChI=1S/C12H24N2O/c1-5-6-7-14-9-10(2)8-13-12(3,4)11(14)15/h10,13H,5-9H2,1-4H3. The van der Waals surface area contributed by atoms with Gasteiger partial charge in [-0.2, -0.15) is 0 Å². The van der Waals surface area contributed by atoms with Crippen LogP contribution in [-0.4, -0.2) is 36.0 Å². The minimum Gasteiger partial charge on any atom is -0.341 e. The van der Waals surface area contributed by atoms with E-state index in [1.165, 1.54) is 0 Å². The van der Waals surface area contributed by atoms with Gasteiger partial charge in [0.1, 0.15) is 0 Å². The molecule has 1 N–H and O–H groups in total. The molecule has 0 aliphatic carbocycles. The van der Waals surface area contributed by atoms with Crippen LogP contribution < -0.4 is 5.32 Å². The Balaban J connectivity index is 2.69. The van der Waals surface area contributed by atoms with Crippen LogP contribution in [0.15, 0.2) is 0 Å². The topological polar surface area (TPSA) is 32.3 Å². The largest absolute Gasteiger partial charge is 0.341 e. The van der Waals surface area contributed by atoms with Gasteiger partial charge >= 0.3 is 0 Å². The second kappa shape index (κ2) is 4.97. The van der Waals surface area contributed by atoms with Crippen molar-refractivity contribution in [3.05, 3.63) is 0 Å². The summed E-state index contributed by atoms with van der Waals surface area (Å²) in [6, 6.07) is 0. The maximum Gasteiger partial charge on any atom is 0.242 e. The fourth-order valence-corrected chi connectivity index (χ4v) is 1.97. The molecular weight excluding hydrogens is 188 g/mol. The predicted octanol–water partition coefficient (Wildman–Crippen LogP) is 1.63. The van der Waals surface area contributed by atoms with Crippen molar-refractivity contribution in [2.75, 3.05) is 19.6 Å². The lowest BCUT2D eigenvalue weighted by molar-refractivity contribution is -0.136. The van der Waals surface area contributed by atoms with Gasteiger partial charge in [-0.05, 0) is 26.2 Å². The van der Waals surface area contributed by atoms with Gasteiger partial charge in [0, 0.05) is 19.6 Å². The number of unbranched alkanes of at least 4 members (excludes halogenated alkanes) is 1. The van der Waals surface area contributed by atoms with Crippen molar-refractivity contribution >= 4 is 5.91 Å². The Morgan fingerprint density at radius 2 is 2.20 bits per heavy atom. The summed E-state index contributed by atoms with van der Waals surface area (Å²) in [5.41, 5.74) is -0.390. The summed E-state index contributed by atoms with van der Waals surface area (Å²) in [4.78, 5) is 14.2. The predicted molar refractivity (Wildman–Crippen MR) is 62.7 cm³/mol. The van der Waals surface area contributed by atoms with Gasteiger partial charge in [-0.1, -0.05) is 20.3 Å². The SMILES string of the molecule is CCCCN1CC(C)CNC(C)(C)C1=O. The molecule has 1 aliphatic heterocycles. The van der Waals surface area contributed by atoms with E-state index in [0.717, 1.165) is 32.5 Å². The monoisotopic (exact) mass is 212 g/mol. The number of hydrogen-bond acceptors (Lipinski definition) is 2. The van der Waals surface area contributed by atoms with Crippen LogP contribution in [0.4, 0.5) is 0 Å². The smallest absolute Gasteiger partial charge is 0.242 e. The molecule has 1 fully saturated rings. The molecule has 1 saturated heterocycles. The van der Waals surface area contributed by atoms with E-state index < -0.39 is 5.54 Å². The maximum absolute atomic E-state index is 12.2. The molecule has 1 heterocycles.